The third-order valence-electron chi connectivity index (χ3n) is 5.32. The van der Waals surface area contributed by atoms with Gasteiger partial charge in [-0.3, -0.25) is 14.2 Å². The molecule has 8 heteroatoms. The third-order valence-corrected chi connectivity index (χ3v) is 5.32. The minimum absolute atomic E-state index is 0.0183. The second kappa shape index (κ2) is 5.66. The van der Waals surface area contributed by atoms with E-state index in [1.807, 2.05) is 24.1 Å². The van der Waals surface area contributed by atoms with Gasteiger partial charge < -0.3 is 14.9 Å². The van der Waals surface area contributed by atoms with Crippen molar-refractivity contribution in [2.45, 2.75) is 0 Å². The zero-order valence-electron chi connectivity index (χ0n) is 13.9. The van der Waals surface area contributed by atoms with Crippen LogP contribution >= 0.6 is 0 Å². The van der Waals surface area contributed by atoms with Crippen molar-refractivity contribution >= 4 is 11.9 Å². The molecule has 2 fully saturated rings. The summed E-state index contributed by atoms with van der Waals surface area (Å²) in [4.78, 5) is 28.4. The number of hydrogen-bond donors (Lipinski definition) is 1. The maximum Gasteiger partial charge on any atom is 0.313 e. The Kier molecular flexibility index (Phi) is 3.57. The van der Waals surface area contributed by atoms with Crippen molar-refractivity contribution in [3.05, 3.63) is 42.5 Å². The van der Waals surface area contributed by atoms with Crippen LogP contribution in [0.1, 0.15) is 10.4 Å². The van der Waals surface area contributed by atoms with Crippen molar-refractivity contribution in [1.29, 1.82) is 0 Å². The molecule has 0 unspecified atom stereocenters. The number of benzene rings is 1. The predicted octanol–water partition coefficient (Wildman–Crippen LogP) is 0.356. The van der Waals surface area contributed by atoms with Gasteiger partial charge in [-0.1, -0.05) is 0 Å². The molecule has 0 bridgehead atoms. The van der Waals surface area contributed by atoms with Gasteiger partial charge >= 0.3 is 5.97 Å². The fourth-order valence-electron chi connectivity index (χ4n) is 4.07. The molecule has 2 saturated heterocycles. The highest BCUT2D eigenvalue weighted by Crippen LogP contribution is 2.42. The highest BCUT2D eigenvalue weighted by atomic mass is 16.4. The number of carboxylic acids is 1. The average molecular weight is 341 g/mol. The average Bonchev–Trinajstić information content (AvgIpc) is 3.28. The molecule has 25 heavy (non-hydrogen) atoms. The number of aromatic nitrogens is 3. The molecule has 2 aliphatic heterocycles. The summed E-state index contributed by atoms with van der Waals surface area (Å²) in [5.41, 5.74) is 0.585. The lowest BCUT2D eigenvalue weighted by molar-refractivity contribution is -0.148. The van der Waals surface area contributed by atoms with Crippen molar-refractivity contribution in [2.24, 2.45) is 11.3 Å². The van der Waals surface area contributed by atoms with E-state index in [9.17, 15) is 14.7 Å². The van der Waals surface area contributed by atoms with Crippen LogP contribution in [0.15, 0.2) is 36.9 Å². The standard InChI is InChI=1S/C17H19N5O3/c1-20-6-13-7-21(9-17(13,8-20)16(24)25)15(23)12-2-4-14(5-3-12)22-10-18-19-11-22/h2-5,10-11,13H,6-9H2,1H3,(H,24,25)/t13-,17-/m0/s1. The van der Waals surface area contributed by atoms with Crippen LogP contribution in [0.25, 0.3) is 5.69 Å². The van der Waals surface area contributed by atoms with E-state index in [1.165, 1.54) is 0 Å². The highest BCUT2D eigenvalue weighted by molar-refractivity contribution is 5.95. The SMILES string of the molecule is CN1C[C@H]2CN(C(=O)c3ccc(-n4cnnc4)cc3)C[C@@]2(C(=O)O)C1. The molecular weight excluding hydrogens is 322 g/mol. The molecule has 0 aliphatic carbocycles. The van der Waals surface area contributed by atoms with Crippen LogP contribution in [0, 0.1) is 11.3 Å². The van der Waals surface area contributed by atoms with Gasteiger partial charge in [0.2, 0.25) is 0 Å². The van der Waals surface area contributed by atoms with E-state index >= 15 is 0 Å². The predicted molar refractivity (Wildman–Crippen MR) is 88.3 cm³/mol. The number of hydrogen-bond acceptors (Lipinski definition) is 5. The van der Waals surface area contributed by atoms with Gasteiger partial charge in [0.15, 0.2) is 0 Å². The molecule has 0 spiro atoms. The van der Waals surface area contributed by atoms with Gasteiger partial charge in [-0.15, -0.1) is 10.2 Å². The minimum Gasteiger partial charge on any atom is -0.481 e. The quantitative estimate of drug-likeness (QED) is 0.866. The van der Waals surface area contributed by atoms with Gasteiger partial charge in [-0.25, -0.2) is 0 Å². The van der Waals surface area contributed by atoms with Gasteiger partial charge in [-0.05, 0) is 31.3 Å². The first-order valence-corrected chi connectivity index (χ1v) is 8.16. The Morgan fingerprint density at radius 2 is 1.80 bits per heavy atom. The van der Waals surface area contributed by atoms with Crippen LogP contribution in [0.3, 0.4) is 0 Å². The zero-order chi connectivity index (χ0) is 17.6. The highest BCUT2D eigenvalue weighted by Gasteiger charge is 2.57. The normalized spacial score (nSPS) is 26.0. The van der Waals surface area contributed by atoms with Crippen LogP contribution < -0.4 is 0 Å². The second-order valence-corrected chi connectivity index (χ2v) is 6.96. The molecule has 1 N–H and O–H groups in total. The lowest BCUT2D eigenvalue weighted by atomic mass is 9.81. The van der Waals surface area contributed by atoms with Crippen molar-refractivity contribution in [3.63, 3.8) is 0 Å². The summed E-state index contributed by atoms with van der Waals surface area (Å²) in [5, 5.41) is 17.2. The lowest BCUT2D eigenvalue weighted by Gasteiger charge is -2.24. The van der Waals surface area contributed by atoms with E-state index in [0.717, 1.165) is 5.69 Å². The van der Waals surface area contributed by atoms with Crippen LogP contribution in [-0.4, -0.2) is 74.8 Å². The number of carbonyl (C=O) groups is 2. The van der Waals surface area contributed by atoms with Crippen LogP contribution in [0.2, 0.25) is 0 Å². The Balaban J connectivity index is 1.53. The summed E-state index contributed by atoms with van der Waals surface area (Å²) in [7, 11) is 1.93. The summed E-state index contributed by atoms with van der Waals surface area (Å²) in [6.07, 6.45) is 3.18. The van der Waals surface area contributed by atoms with Crippen molar-refractivity contribution < 1.29 is 14.7 Å². The molecule has 3 heterocycles. The first kappa shape index (κ1) is 15.8. The third kappa shape index (κ3) is 2.49. The monoisotopic (exact) mass is 341 g/mol. The molecule has 130 valence electrons. The van der Waals surface area contributed by atoms with Crippen LogP contribution in [-0.2, 0) is 4.79 Å². The van der Waals surface area contributed by atoms with E-state index < -0.39 is 11.4 Å². The van der Waals surface area contributed by atoms with Crippen LogP contribution in [0.4, 0.5) is 0 Å². The summed E-state index contributed by atoms with van der Waals surface area (Å²) in [6, 6.07) is 7.17. The van der Waals surface area contributed by atoms with E-state index in [0.29, 0.717) is 25.2 Å². The van der Waals surface area contributed by atoms with E-state index in [1.54, 1.807) is 34.3 Å². The molecule has 0 radical (unpaired) electrons. The Hall–Kier alpha value is -2.74. The molecule has 0 saturated carbocycles. The number of amides is 1. The first-order valence-electron chi connectivity index (χ1n) is 8.16. The Labute approximate surface area is 144 Å². The van der Waals surface area contributed by atoms with Gasteiger partial charge in [0, 0.05) is 43.3 Å². The summed E-state index contributed by atoms with van der Waals surface area (Å²) >= 11 is 0. The molecule has 2 atom stereocenters. The fraction of sp³-hybridized carbons (Fsp3) is 0.412. The summed E-state index contributed by atoms with van der Waals surface area (Å²) < 4.78 is 1.75. The minimum atomic E-state index is -0.840. The van der Waals surface area contributed by atoms with E-state index in [4.69, 9.17) is 0 Å². The van der Waals surface area contributed by atoms with E-state index in [2.05, 4.69) is 10.2 Å². The number of carbonyl (C=O) groups excluding carboxylic acids is 1. The molecular formula is C17H19N5O3. The fourth-order valence-corrected chi connectivity index (χ4v) is 4.07. The lowest BCUT2D eigenvalue weighted by Crippen LogP contribution is -2.41. The number of likely N-dealkylation sites (tertiary alicyclic amines) is 2. The zero-order valence-corrected chi connectivity index (χ0v) is 13.9. The number of carboxylic acid groups (broad SMARTS) is 1. The Morgan fingerprint density at radius 3 is 2.40 bits per heavy atom. The summed E-state index contributed by atoms with van der Waals surface area (Å²) in [6.45, 7) is 1.96. The van der Waals surface area contributed by atoms with Crippen molar-refractivity contribution in [1.82, 2.24) is 24.6 Å². The molecule has 2 aliphatic rings. The van der Waals surface area contributed by atoms with Gasteiger partial charge in [-0.2, -0.15) is 0 Å². The van der Waals surface area contributed by atoms with Crippen molar-refractivity contribution in [3.8, 4) is 5.69 Å². The number of nitrogens with zero attached hydrogens (tertiary/aromatic N) is 5. The maximum atomic E-state index is 12.8. The number of aliphatic carboxylic acids is 1. The first-order chi connectivity index (χ1) is 12.0. The topological polar surface area (TPSA) is 91.6 Å². The smallest absolute Gasteiger partial charge is 0.313 e. The van der Waals surface area contributed by atoms with E-state index in [-0.39, 0.29) is 18.4 Å². The molecule has 2 aromatic rings. The Bertz CT molecular complexity index is 804. The molecule has 1 aromatic heterocycles. The van der Waals surface area contributed by atoms with Crippen LogP contribution in [0.5, 0.6) is 0 Å². The number of fused-ring (bicyclic) bond motifs is 1. The molecule has 8 nitrogen and oxygen atoms in total. The van der Waals surface area contributed by atoms with Gasteiger partial charge in [0.1, 0.15) is 18.1 Å². The molecule has 1 aromatic carbocycles. The van der Waals surface area contributed by atoms with Crippen molar-refractivity contribution in [2.75, 3.05) is 33.2 Å². The Morgan fingerprint density at radius 1 is 1.12 bits per heavy atom. The largest absolute Gasteiger partial charge is 0.481 e. The molecule has 1 amide bonds. The molecule has 4 rings (SSSR count). The van der Waals surface area contributed by atoms with Gasteiger partial charge in [0.25, 0.3) is 5.91 Å². The number of rotatable bonds is 3. The summed E-state index contributed by atoms with van der Waals surface area (Å²) in [5.74, 6) is -0.941. The second-order valence-electron chi connectivity index (χ2n) is 6.96. The van der Waals surface area contributed by atoms with Gasteiger partial charge in [0.05, 0.1) is 0 Å². The maximum absolute atomic E-state index is 12.8.